The van der Waals surface area contributed by atoms with E-state index in [0.29, 0.717) is 17.7 Å². The third kappa shape index (κ3) is 6.07. The molecule has 2 heterocycles. The smallest absolute Gasteiger partial charge is 0.248 e. The third-order valence-corrected chi connectivity index (χ3v) is 4.62. The first-order valence-corrected chi connectivity index (χ1v) is 9.56. The molecule has 6 nitrogen and oxygen atoms in total. The zero-order chi connectivity index (χ0) is 19.1. The fraction of sp³-hybridized carbons (Fsp3) is 0.350. The van der Waals surface area contributed by atoms with Gasteiger partial charge in [0, 0.05) is 31.5 Å². The number of guanidine groups is 1. The van der Waals surface area contributed by atoms with Crippen molar-refractivity contribution in [3.05, 3.63) is 58.9 Å². The maximum absolute atomic E-state index is 12.6. The highest BCUT2D eigenvalue weighted by molar-refractivity contribution is 14.0. The van der Waals surface area contributed by atoms with Gasteiger partial charge in [-0.25, -0.2) is 9.98 Å². The first-order chi connectivity index (χ1) is 13.2. The van der Waals surface area contributed by atoms with Gasteiger partial charge in [-0.15, -0.1) is 24.0 Å². The number of amides is 1. The van der Waals surface area contributed by atoms with Gasteiger partial charge in [-0.05, 0) is 43.0 Å². The summed E-state index contributed by atoms with van der Waals surface area (Å²) in [5, 5.41) is 6.92. The van der Waals surface area contributed by atoms with Crippen LogP contribution >= 0.6 is 35.6 Å². The minimum Gasteiger partial charge on any atom is -0.357 e. The van der Waals surface area contributed by atoms with Gasteiger partial charge in [-0.1, -0.05) is 35.9 Å². The molecule has 0 aliphatic carbocycles. The lowest BCUT2D eigenvalue weighted by atomic mass is 10.2. The summed E-state index contributed by atoms with van der Waals surface area (Å²) in [6, 6.07) is 11.8. The molecule has 1 aliphatic rings. The number of aliphatic imine (C=N–C) groups is 1. The number of carbonyl (C=O) groups is 1. The number of anilines is 1. The van der Waals surface area contributed by atoms with Crippen molar-refractivity contribution in [1.82, 2.24) is 15.6 Å². The number of benzene rings is 1. The van der Waals surface area contributed by atoms with Crippen molar-refractivity contribution in [1.29, 1.82) is 0 Å². The summed E-state index contributed by atoms with van der Waals surface area (Å²) in [4.78, 5) is 22.9. The molecule has 1 amide bonds. The standard InChI is InChI=1S/C20H24ClN5O.HI/c1-2-22-20(23-11-9-15-7-8-18(21)24-13-15)25-14-19(27)26-12-10-16-5-3-4-6-17(16)26;/h3-8,13H,2,9-12,14H2,1H3,(H2,22,23,25);1H. The van der Waals surface area contributed by atoms with E-state index in [4.69, 9.17) is 11.6 Å². The van der Waals surface area contributed by atoms with Crippen molar-refractivity contribution in [2.75, 3.05) is 31.1 Å². The van der Waals surface area contributed by atoms with Gasteiger partial charge < -0.3 is 15.5 Å². The Labute approximate surface area is 187 Å². The Morgan fingerprint density at radius 3 is 2.82 bits per heavy atom. The average molecular weight is 514 g/mol. The lowest BCUT2D eigenvalue weighted by Crippen LogP contribution is -2.39. The lowest BCUT2D eigenvalue weighted by molar-refractivity contribution is -0.117. The lowest BCUT2D eigenvalue weighted by Gasteiger charge is -2.17. The van der Waals surface area contributed by atoms with Crippen LogP contribution in [0.3, 0.4) is 0 Å². The fourth-order valence-corrected chi connectivity index (χ4v) is 3.16. The second kappa shape index (κ2) is 11.2. The third-order valence-electron chi connectivity index (χ3n) is 4.40. The van der Waals surface area contributed by atoms with Crippen LogP contribution in [-0.2, 0) is 17.6 Å². The molecule has 0 atom stereocenters. The summed E-state index contributed by atoms with van der Waals surface area (Å²) in [6.07, 6.45) is 3.46. The molecule has 2 N–H and O–H groups in total. The van der Waals surface area contributed by atoms with Crippen LogP contribution in [0.2, 0.25) is 5.15 Å². The largest absolute Gasteiger partial charge is 0.357 e. The quantitative estimate of drug-likeness (QED) is 0.270. The molecule has 2 aromatic rings. The Morgan fingerprint density at radius 1 is 1.25 bits per heavy atom. The number of carbonyl (C=O) groups excluding carboxylic acids is 1. The van der Waals surface area contributed by atoms with Crippen molar-refractivity contribution < 1.29 is 4.79 Å². The van der Waals surface area contributed by atoms with Gasteiger partial charge in [0.05, 0.1) is 0 Å². The van der Waals surface area contributed by atoms with E-state index in [0.717, 1.165) is 37.2 Å². The number of rotatable bonds is 6. The SMILES string of the molecule is CCNC(=NCC(=O)N1CCc2ccccc21)NCCc1ccc(Cl)nc1.I. The predicted molar refractivity (Wildman–Crippen MR) is 125 cm³/mol. The average Bonchev–Trinajstić information content (AvgIpc) is 3.11. The Morgan fingerprint density at radius 2 is 2.07 bits per heavy atom. The molecule has 0 unspecified atom stereocenters. The molecule has 0 saturated heterocycles. The Hall–Kier alpha value is -1.87. The first-order valence-electron chi connectivity index (χ1n) is 9.18. The highest BCUT2D eigenvalue weighted by Crippen LogP contribution is 2.27. The molecule has 28 heavy (non-hydrogen) atoms. The van der Waals surface area contributed by atoms with Crippen molar-refractivity contribution in [2.24, 2.45) is 4.99 Å². The highest BCUT2D eigenvalue weighted by atomic mass is 127. The molecule has 1 aromatic carbocycles. The Balaban J connectivity index is 0.00000280. The Kier molecular flexibility index (Phi) is 8.98. The van der Waals surface area contributed by atoms with E-state index in [1.165, 1.54) is 5.56 Å². The maximum atomic E-state index is 12.6. The summed E-state index contributed by atoms with van der Waals surface area (Å²) in [5.74, 6) is 0.652. The van der Waals surface area contributed by atoms with Gasteiger partial charge in [0.15, 0.2) is 5.96 Å². The van der Waals surface area contributed by atoms with E-state index in [1.54, 1.807) is 12.3 Å². The van der Waals surface area contributed by atoms with Crippen LogP contribution < -0.4 is 15.5 Å². The van der Waals surface area contributed by atoms with Crippen molar-refractivity contribution in [3.63, 3.8) is 0 Å². The van der Waals surface area contributed by atoms with Crippen LogP contribution in [0.1, 0.15) is 18.1 Å². The van der Waals surface area contributed by atoms with Crippen LogP contribution in [0.15, 0.2) is 47.6 Å². The predicted octanol–water partition coefficient (Wildman–Crippen LogP) is 3.04. The molecule has 0 bridgehead atoms. The molecule has 3 rings (SSSR count). The van der Waals surface area contributed by atoms with Crippen molar-refractivity contribution >= 4 is 53.1 Å². The number of pyridine rings is 1. The van der Waals surface area contributed by atoms with Gasteiger partial charge >= 0.3 is 0 Å². The van der Waals surface area contributed by atoms with Gasteiger partial charge in [-0.2, -0.15) is 0 Å². The normalized spacial score (nSPS) is 12.9. The molecule has 150 valence electrons. The molecule has 1 aliphatic heterocycles. The summed E-state index contributed by atoms with van der Waals surface area (Å²) in [7, 11) is 0. The van der Waals surface area contributed by atoms with Gasteiger partial charge in [-0.3, -0.25) is 4.79 Å². The number of nitrogens with zero attached hydrogens (tertiary/aromatic N) is 3. The second-order valence-corrected chi connectivity index (χ2v) is 6.67. The van der Waals surface area contributed by atoms with Crippen LogP contribution in [0.5, 0.6) is 0 Å². The van der Waals surface area contributed by atoms with Crippen LogP contribution in [0, 0.1) is 0 Å². The number of aromatic nitrogens is 1. The van der Waals surface area contributed by atoms with Crippen molar-refractivity contribution in [2.45, 2.75) is 19.8 Å². The maximum Gasteiger partial charge on any atom is 0.248 e. The molecule has 1 aromatic heterocycles. The van der Waals surface area contributed by atoms with E-state index >= 15 is 0 Å². The first kappa shape index (κ1) is 22.4. The monoisotopic (exact) mass is 513 g/mol. The van der Waals surface area contributed by atoms with E-state index in [2.05, 4.69) is 26.7 Å². The van der Waals surface area contributed by atoms with Gasteiger partial charge in [0.25, 0.3) is 0 Å². The summed E-state index contributed by atoms with van der Waals surface area (Å²) in [5.41, 5.74) is 3.31. The number of halogens is 2. The van der Waals surface area contributed by atoms with Crippen molar-refractivity contribution in [3.8, 4) is 0 Å². The molecular formula is C20H25ClIN5O. The number of nitrogens with one attached hydrogen (secondary N) is 2. The van der Waals surface area contributed by atoms with Crippen LogP contribution in [-0.4, -0.2) is 43.0 Å². The Bertz CT molecular complexity index is 812. The fourth-order valence-electron chi connectivity index (χ4n) is 3.05. The van der Waals surface area contributed by atoms with E-state index in [-0.39, 0.29) is 36.4 Å². The van der Waals surface area contributed by atoms with Gasteiger partial charge in [0.1, 0.15) is 11.7 Å². The van der Waals surface area contributed by atoms with Gasteiger partial charge in [0.2, 0.25) is 5.91 Å². The number of para-hydroxylation sites is 1. The second-order valence-electron chi connectivity index (χ2n) is 6.29. The summed E-state index contributed by atoms with van der Waals surface area (Å²) < 4.78 is 0. The summed E-state index contributed by atoms with van der Waals surface area (Å²) >= 11 is 5.80. The number of hydrogen-bond acceptors (Lipinski definition) is 3. The number of hydrogen-bond donors (Lipinski definition) is 2. The topological polar surface area (TPSA) is 69.6 Å². The number of fused-ring (bicyclic) bond motifs is 1. The molecular weight excluding hydrogens is 489 g/mol. The zero-order valence-electron chi connectivity index (χ0n) is 15.8. The van der Waals surface area contributed by atoms with E-state index in [9.17, 15) is 4.79 Å². The molecule has 0 radical (unpaired) electrons. The van der Waals surface area contributed by atoms with Crippen LogP contribution in [0.4, 0.5) is 5.69 Å². The highest BCUT2D eigenvalue weighted by Gasteiger charge is 2.23. The molecule has 0 fully saturated rings. The minimum atomic E-state index is 0. The zero-order valence-corrected chi connectivity index (χ0v) is 18.9. The molecule has 8 heteroatoms. The van der Waals surface area contributed by atoms with E-state index in [1.807, 2.05) is 36.1 Å². The molecule has 0 saturated carbocycles. The van der Waals surface area contributed by atoms with Crippen LogP contribution in [0.25, 0.3) is 0 Å². The summed E-state index contributed by atoms with van der Waals surface area (Å²) in [6.45, 7) is 4.26. The van der Waals surface area contributed by atoms with E-state index < -0.39 is 0 Å². The minimum absolute atomic E-state index is 0. The molecule has 0 spiro atoms.